The third-order valence-electron chi connectivity index (χ3n) is 3.28. The summed E-state index contributed by atoms with van der Waals surface area (Å²) < 4.78 is 0. The van der Waals surface area contributed by atoms with Crippen LogP contribution in [0.4, 0.5) is 0 Å². The molecule has 0 spiro atoms. The number of hydrogen-bond acceptors (Lipinski definition) is 3. The third kappa shape index (κ3) is 3.00. The molecule has 104 valence electrons. The van der Waals surface area contributed by atoms with E-state index in [4.69, 9.17) is 11.6 Å². The van der Waals surface area contributed by atoms with Gasteiger partial charge in [-0.1, -0.05) is 17.7 Å². The Morgan fingerprint density at radius 2 is 2.25 bits per heavy atom. The monoisotopic (exact) mass is 289 g/mol. The summed E-state index contributed by atoms with van der Waals surface area (Å²) in [6, 6.07) is 5.93. The molecule has 0 saturated carbocycles. The van der Waals surface area contributed by atoms with E-state index in [2.05, 4.69) is 31.5 Å². The van der Waals surface area contributed by atoms with Gasteiger partial charge < -0.3 is 10.3 Å². The van der Waals surface area contributed by atoms with Gasteiger partial charge in [-0.25, -0.2) is 4.98 Å². The van der Waals surface area contributed by atoms with E-state index >= 15 is 0 Å². The van der Waals surface area contributed by atoms with Crippen molar-refractivity contribution in [1.82, 2.24) is 25.5 Å². The average molecular weight is 290 g/mol. The molecule has 0 amide bonds. The second-order valence-corrected chi connectivity index (χ2v) is 5.15. The van der Waals surface area contributed by atoms with Gasteiger partial charge in [0.1, 0.15) is 12.2 Å². The molecule has 3 aromatic rings. The molecule has 1 aromatic carbocycles. The maximum atomic E-state index is 5.97. The van der Waals surface area contributed by atoms with Crippen LogP contribution in [0.25, 0.3) is 10.9 Å². The van der Waals surface area contributed by atoms with Crippen molar-refractivity contribution in [3.63, 3.8) is 0 Å². The van der Waals surface area contributed by atoms with Crippen molar-refractivity contribution in [3.05, 3.63) is 47.1 Å². The summed E-state index contributed by atoms with van der Waals surface area (Å²) in [5, 5.41) is 12.1. The van der Waals surface area contributed by atoms with Crippen LogP contribution < -0.4 is 5.32 Å². The Hall–Kier alpha value is -1.85. The Kier molecular flexibility index (Phi) is 3.99. The molecule has 2 heterocycles. The van der Waals surface area contributed by atoms with Gasteiger partial charge in [-0.15, -0.1) is 0 Å². The topological polar surface area (TPSA) is 69.4 Å². The van der Waals surface area contributed by atoms with E-state index in [0.717, 1.165) is 42.3 Å². The molecule has 2 aromatic heterocycles. The second kappa shape index (κ2) is 6.07. The van der Waals surface area contributed by atoms with Crippen LogP contribution in [0.5, 0.6) is 0 Å². The van der Waals surface area contributed by atoms with E-state index in [0.29, 0.717) is 0 Å². The Morgan fingerprint density at radius 3 is 3.10 bits per heavy atom. The smallest absolute Gasteiger partial charge is 0.137 e. The molecule has 0 aliphatic carbocycles. The molecule has 5 nitrogen and oxygen atoms in total. The number of benzene rings is 1. The van der Waals surface area contributed by atoms with Gasteiger partial charge >= 0.3 is 0 Å². The van der Waals surface area contributed by atoms with E-state index in [-0.39, 0.29) is 0 Å². The lowest BCUT2D eigenvalue weighted by molar-refractivity contribution is 0.641. The number of aromatic nitrogens is 4. The first-order chi connectivity index (χ1) is 9.83. The summed E-state index contributed by atoms with van der Waals surface area (Å²) in [5.74, 6) is 0.938. The normalized spacial score (nSPS) is 11.2. The molecule has 0 aliphatic rings. The molecule has 0 aliphatic heterocycles. The number of H-pyrrole nitrogens is 2. The number of hydrogen-bond donors (Lipinski definition) is 3. The SMILES string of the molecule is Clc1ccc2c(CNCCCc3ncn[nH]3)c[nH]c2c1. The molecule has 0 unspecified atom stereocenters. The largest absolute Gasteiger partial charge is 0.361 e. The van der Waals surface area contributed by atoms with Gasteiger partial charge in [-0.2, -0.15) is 5.10 Å². The average Bonchev–Trinajstić information content (AvgIpc) is 3.08. The highest BCUT2D eigenvalue weighted by Gasteiger charge is 2.03. The molecule has 6 heteroatoms. The van der Waals surface area contributed by atoms with Gasteiger partial charge in [-0.3, -0.25) is 5.10 Å². The molecule has 0 radical (unpaired) electrons. The molecule has 0 bridgehead atoms. The summed E-state index contributed by atoms with van der Waals surface area (Å²) in [7, 11) is 0. The maximum Gasteiger partial charge on any atom is 0.137 e. The number of aromatic amines is 2. The Bertz CT molecular complexity index is 674. The van der Waals surface area contributed by atoms with Gasteiger partial charge in [0.05, 0.1) is 0 Å². The number of halogens is 1. The minimum absolute atomic E-state index is 0.755. The summed E-state index contributed by atoms with van der Waals surface area (Å²) in [6.07, 6.45) is 5.52. The fourth-order valence-corrected chi connectivity index (χ4v) is 2.43. The third-order valence-corrected chi connectivity index (χ3v) is 3.51. The van der Waals surface area contributed by atoms with Crippen LogP contribution in [0.1, 0.15) is 17.8 Å². The molecular formula is C14H16ClN5. The quantitative estimate of drug-likeness (QED) is 0.611. The second-order valence-electron chi connectivity index (χ2n) is 4.72. The first kappa shape index (κ1) is 13.1. The highest BCUT2D eigenvalue weighted by Crippen LogP contribution is 2.21. The molecule has 3 N–H and O–H groups in total. The predicted octanol–water partition coefficient (Wildman–Crippen LogP) is 2.66. The van der Waals surface area contributed by atoms with Crippen molar-refractivity contribution in [1.29, 1.82) is 0 Å². The lowest BCUT2D eigenvalue weighted by atomic mass is 10.2. The van der Waals surface area contributed by atoms with E-state index in [9.17, 15) is 0 Å². The van der Waals surface area contributed by atoms with E-state index < -0.39 is 0 Å². The van der Waals surface area contributed by atoms with Crippen LogP contribution in [0.3, 0.4) is 0 Å². The molecular weight excluding hydrogens is 274 g/mol. The zero-order valence-electron chi connectivity index (χ0n) is 11.0. The first-order valence-electron chi connectivity index (χ1n) is 6.63. The van der Waals surface area contributed by atoms with Gasteiger partial charge in [0, 0.05) is 35.1 Å². The Labute approximate surface area is 121 Å². The van der Waals surface area contributed by atoms with E-state index in [1.165, 1.54) is 10.9 Å². The predicted molar refractivity (Wildman–Crippen MR) is 79.7 cm³/mol. The van der Waals surface area contributed by atoms with Crippen LogP contribution >= 0.6 is 11.6 Å². The van der Waals surface area contributed by atoms with Crippen LogP contribution in [-0.4, -0.2) is 26.7 Å². The summed E-state index contributed by atoms with van der Waals surface area (Å²) in [6.45, 7) is 1.79. The Morgan fingerprint density at radius 1 is 1.30 bits per heavy atom. The van der Waals surface area contributed by atoms with Gasteiger partial charge in [-0.05, 0) is 30.7 Å². The van der Waals surface area contributed by atoms with Crippen molar-refractivity contribution in [2.45, 2.75) is 19.4 Å². The highest BCUT2D eigenvalue weighted by atomic mass is 35.5. The van der Waals surface area contributed by atoms with Crippen molar-refractivity contribution in [3.8, 4) is 0 Å². The summed E-state index contributed by atoms with van der Waals surface area (Å²) in [4.78, 5) is 7.35. The molecule has 0 fully saturated rings. The Balaban J connectivity index is 1.50. The zero-order valence-corrected chi connectivity index (χ0v) is 11.7. The zero-order chi connectivity index (χ0) is 13.8. The van der Waals surface area contributed by atoms with Crippen molar-refractivity contribution in [2.24, 2.45) is 0 Å². The fraction of sp³-hybridized carbons (Fsp3) is 0.286. The fourth-order valence-electron chi connectivity index (χ4n) is 2.26. The number of rotatable bonds is 6. The number of aryl methyl sites for hydroxylation is 1. The summed E-state index contributed by atoms with van der Waals surface area (Å²) >= 11 is 5.97. The lowest BCUT2D eigenvalue weighted by Crippen LogP contribution is -2.15. The van der Waals surface area contributed by atoms with Crippen molar-refractivity contribution >= 4 is 22.5 Å². The lowest BCUT2D eigenvalue weighted by Gasteiger charge is -2.03. The minimum Gasteiger partial charge on any atom is -0.361 e. The van der Waals surface area contributed by atoms with Crippen LogP contribution in [0, 0.1) is 0 Å². The van der Waals surface area contributed by atoms with Gasteiger partial charge in [0.25, 0.3) is 0 Å². The molecule has 20 heavy (non-hydrogen) atoms. The van der Waals surface area contributed by atoms with Crippen LogP contribution in [0.2, 0.25) is 5.02 Å². The maximum absolute atomic E-state index is 5.97. The molecule has 0 saturated heterocycles. The van der Waals surface area contributed by atoms with E-state index in [1.807, 2.05) is 18.3 Å². The standard InChI is InChI=1S/C14H16ClN5/c15-11-3-4-12-10(8-17-13(12)6-11)7-16-5-1-2-14-18-9-19-20-14/h3-4,6,8-9,16-17H,1-2,5,7H2,(H,18,19,20). The van der Waals surface area contributed by atoms with E-state index in [1.54, 1.807) is 6.33 Å². The number of nitrogens with one attached hydrogen (secondary N) is 3. The number of fused-ring (bicyclic) bond motifs is 1. The highest BCUT2D eigenvalue weighted by molar-refractivity contribution is 6.31. The van der Waals surface area contributed by atoms with Crippen molar-refractivity contribution < 1.29 is 0 Å². The minimum atomic E-state index is 0.755. The van der Waals surface area contributed by atoms with Crippen LogP contribution in [0.15, 0.2) is 30.7 Å². The summed E-state index contributed by atoms with van der Waals surface area (Å²) in [5.41, 5.74) is 2.34. The number of nitrogens with zero attached hydrogens (tertiary/aromatic N) is 2. The van der Waals surface area contributed by atoms with Crippen LogP contribution in [-0.2, 0) is 13.0 Å². The van der Waals surface area contributed by atoms with Gasteiger partial charge in [0.15, 0.2) is 0 Å². The molecule has 3 rings (SSSR count). The first-order valence-corrected chi connectivity index (χ1v) is 7.01. The van der Waals surface area contributed by atoms with Gasteiger partial charge in [0.2, 0.25) is 0 Å². The molecule has 0 atom stereocenters. The van der Waals surface area contributed by atoms with Crippen molar-refractivity contribution in [2.75, 3.05) is 6.54 Å².